The number of benzene rings is 1. The molecule has 180 valence electrons. The van der Waals surface area contributed by atoms with Gasteiger partial charge in [0.2, 0.25) is 5.88 Å². The number of rotatable bonds is 6. The van der Waals surface area contributed by atoms with E-state index >= 15 is 0 Å². The van der Waals surface area contributed by atoms with Gasteiger partial charge in [-0.3, -0.25) is 19.8 Å². The Labute approximate surface area is 190 Å². The molecule has 0 aliphatic carbocycles. The molecule has 3 heterocycles. The molecule has 0 atom stereocenters. The number of imidazole rings is 1. The van der Waals surface area contributed by atoms with Crippen LogP contribution in [-0.4, -0.2) is 62.8 Å². The first-order valence-corrected chi connectivity index (χ1v) is 10.1. The van der Waals surface area contributed by atoms with Gasteiger partial charge >= 0.3 is 12.1 Å². The molecule has 10 nitrogen and oxygen atoms in total. The molecule has 34 heavy (non-hydrogen) atoms. The van der Waals surface area contributed by atoms with Gasteiger partial charge in [-0.25, -0.2) is 14.4 Å². The number of aromatic hydroxyl groups is 1. The Hall–Kier alpha value is -3.84. The molecular formula is C21H20F3N5O5. The van der Waals surface area contributed by atoms with E-state index in [9.17, 15) is 27.9 Å². The molecule has 1 amide bonds. The van der Waals surface area contributed by atoms with Crippen LogP contribution in [0.4, 0.5) is 13.2 Å². The van der Waals surface area contributed by atoms with Gasteiger partial charge in [0, 0.05) is 25.5 Å². The molecular weight excluding hydrogens is 459 g/mol. The summed E-state index contributed by atoms with van der Waals surface area (Å²) in [4.78, 5) is 29.7. The summed E-state index contributed by atoms with van der Waals surface area (Å²) in [5.41, 5.74) is 2.99. The zero-order valence-electron chi connectivity index (χ0n) is 17.7. The molecule has 1 aliphatic rings. The Balaban J connectivity index is 1.55. The van der Waals surface area contributed by atoms with Crippen LogP contribution in [0.5, 0.6) is 11.6 Å². The van der Waals surface area contributed by atoms with Crippen LogP contribution in [0.25, 0.3) is 5.69 Å². The van der Waals surface area contributed by atoms with Crippen molar-refractivity contribution in [1.82, 2.24) is 24.6 Å². The molecule has 2 N–H and O–H groups in total. The van der Waals surface area contributed by atoms with Crippen molar-refractivity contribution in [3.05, 3.63) is 70.5 Å². The second kappa shape index (κ2) is 9.57. The van der Waals surface area contributed by atoms with Crippen LogP contribution in [0.2, 0.25) is 0 Å². The Morgan fingerprint density at radius 1 is 1.18 bits per heavy atom. The zero-order chi connectivity index (χ0) is 24.3. The minimum atomic E-state index is -4.85. The van der Waals surface area contributed by atoms with Crippen molar-refractivity contribution in [2.75, 3.05) is 26.3 Å². The first kappa shape index (κ1) is 23.3. The summed E-state index contributed by atoms with van der Waals surface area (Å²) in [6.07, 6.45) is -0.818. The Kier molecular flexibility index (Phi) is 6.56. The number of carbonyl (C=O) groups is 1. The lowest BCUT2D eigenvalue weighted by Gasteiger charge is -2.27. The summed E-state index contributed by atoms with van der Waals surface area (Å²) in [5.74, 6) is -1.29. The molecule has 3 aromatic rings. The lowest BCUT2D eigenvalue weighted by molar-refractivity contribution is -0.274. The van der Waals surface area contributed by atoms with Gasteiger partial charge in [-0.1, -0.05) is 0 Å². The fourth-order valence-corrected chi connectivity index (χ4v) is 3.46. The number of halogens is 3. The number of hydrogen-bond donors (Lipinski definition) is 2. The van der Waals surface area contributed by atoms with Gasteiger partial charge in [0.05, 0.1) is 37.2 Å². The third-order valence-corrected chi connectivity index (χ3v) is 5.03. The van der Waals surface area contributed by atoms with Crippen molar-refractivity contribution in [3.8, 4) is 17.3 Å². The number of alkyl halides is 3. The molecule has 1 aromatic carbocycles. The fourth-order valence-electron chi connectivity index (χ4n) is 3.46. The minimum Gasteiger partial charge on any atom is -0.493 e. The van der Waals surface area contributed by atoms with Crippen LogP contribution in [0, 0.1) is 0 Å². The molecule has 1 aliphatic heterocycles. The molecule has 0 spiro atoms. The average molecular weight is 479 g/mol. The Morgan fingerprint density at radius 3 is 2.56 bits per heavy atom. The monoisotopic (exact) mass is 479 g/mol. The van der Waals surface area contributed by atoms with Crippen molar-refractivity contribution in [1.29, 1.82) is 0 Å². The van der Waals surface area contributed by atoms with Gasteiger partial charge in [0.25, 0.3) is 5.91 Å². The third-order valence-electron chi connectivity index (χ3n) is 5.03. The lowest BCUT2D eigenvalue weighted by atomic mass is 10.1. The first-order chi connectivity index (χ1) is 16.2. The smallest absolute Gasteiger partial charge is 0.493 e. The topological polar surface area (TPSA) is 111 Å². The zero-order valence-corrected chi connectivity index (χ0v) is 17.7. The minimum absolute atomic E-state index is 0.0525. The maximum atomic E-state index is 12.9. The maximum absolute atomic E-state index is 12.9. The van der Waals surface area contributed by atoms with E-state index in [0.717, 1.165) is 16.7 Å². The standard InChI is InChI=1S/C21H20F3N5O5/c22-21(23,24)34-16-3-1-15(2-4-16)29-18(30)13-27(20(29)32)12-14-5-6-25-11-17(14)19(31)26-28-7-9-33-10-8-28/h1-6,11,13,30H,7-10,12H2,(H,26,31). The van der Waals surface area contributed by atoms with Crippen molar-refractivity contribution >= 4 is 5.91 Å². The van der Waals surface area contributed by atoms with E-state index in [1.165, 1.54) is 35.3 Å². The molecule has 13 heteroatoms. The van der Waals surface area contributed by atoms with Crippen LogP contribution in [-0.2, 0) is 11.3 Å². The molecule has 0 radical (unpaired) electrons. The Morgan fingerprint density at radius 2 is 1.88 bits per heavy atom. The number of nitrogens with one attached hydrogen (secondary N) is 1. The van der Waals surface area contributed by atoms with Crippen LogP contribution in [0.1, 0.15) is 15.9 Å². The largest absolute Gasteiger partial charge is 0.573 e. The number of hydrazine groups is 1. The van der Waals surface area contributed by atoms with E-state index in [-0.39, 0.29) is 17.8 Å². The molecule has 4 rings (SSSR count). The van der Waals surface area contributed by atoms with Gasteiger partial charge in [-0.2, -0.15) is 0 Å². The molecule has 2 aromatic heterocycles. The van der Waals surface area contributed by atoms with Gasteiger partial charge in [-0.05, 0) is 35.9 Å². The van der Waals surface area contributed by atoms with Gasteiger partial charge < -0.3 is 14.6 Å². The third kappa shape index (κ3) is 5.38. The quantitative estimate of drug-likeness (QED) is 0.553. The van der Waals surface area contributed by atoms with Crippen molar-refractivity contribution in [2.45, 2.75) is 12.9 Å². The molecule has 0 bridgehead atoms. The highest BCUT2D eigenvalue weighted by molar-refractivity contribution is 5.95. The van der Waals surface area contributed by atoms with E-state index in [0.29, 0.717) is 31.9 Å². The summed E-state index contributed by atoms with van der Waals surface area (Å²) >= 11 is 0. The van der Waals surface area contributed by atoms with E-state index in [1.807, 2.05) is 0 Å². The first-order valence-electron chi connectivity index (χ1n) is 10.1. The summed E-state index contributed by atoms with van der Waals surface area (Å²) < 4.78 is 48.3. The van der Waals surface area contributed by atoms with Crippen molar-refractivity contribution in [2.24, 2.45) is 0 Å². The summed E-state index contributed by atoms with van der Waals surface area (Å²) in [6, 6.07) is 6.06. The van der Waals surface area contributed by atoms with Crippen LogP contribution < -0.4 is 15.9 Å². The number of pyridine rings is 1. The van der Waals surface area contributed by atoms with E-state index < -0.39 is 29.6 Å². The van der Waals surface area contributed by atoms with E-state index in [4.69, 9.17) is 4.74 Å². The highest BCUT2D eigenvalue weighted by Gasteiger charge is 2.31. The molecule has 0 saturated carbocycles. The van der Waals surface area contributed by atoms with E-state index in [1.54, 1.807) is 11.1 Å². The highest BCUT2D eigenvalue weighted by atomic mass is 19.4. The number of nitrogens with zero attached hydrogens (tertiary/aromatic N) is 4. The van der Waals surface area contributed by atoms with E-state index in [2.05, 4.69) is 15.1 Å². The van der Waals surface area contributed by atoms with Crippen molar-refractivity contribution in [3.63, 3.8) is 0 Å². The highest BCUT2D eigenvalue weighted by Crippen LogP contribution is 2.24. The predicted molar refractivity (Wildman–Crippen MR) is 112 cm³/mol. The van der Waals surface area contributed by atoms with Crippen LogP contribution >= 0.6 is 0 Å². The summed E-state index contributed by atoms with van der Waals surface area (Å²) in [5, 5.41) is 12.0. The normalized spacial score (nSPS) is 14.7. The number of hydrogen-bond acceptors (Lipinski definition) is 7. The summed E-state index contributed by atoms with van der Waals surface area (Å²) in [7, 11) is 0. The maximum Gasteiger partial charge on any atom is 0.573 e. The predicted octanol–water partition coefficient (Wildman–Crippen LogP) is 1.66. The molecule has 0 unspecified atom stereocenters. The Bertz CT molecular complexity index is 1220. The van der Waals surface area contributed by atoms with Gasteiger partial charge in [0.1, 0.15) is 5.75 Å². The van der Waals surface area contributed by atoms with Crippen LogP contribution in [0.3, 0.4) is 0 Å². The molecule has 1 saturated heterocycles. The number of aromatic nitrogens is 3. The fraction of sp³-hybridized carbons (Fsp3) is 0.286. The SMILES string of the molecule is O=C(NN1CCOCC1)c1cnccc1Cn1cc(O)n(-c2ccc(OC(F)(F)F)cc2)c1=O. The second-order valence-corrected chi connectivity index (χ2v) is 7.35. The number of amides is 1. The van der Waals surface area contributed by atoms with Gasteiger partial charge in [-0.15, -0.1) is 13.2 Å². The number of ether oxygens (including phenoxy) is 2. The average Bonchev–Trinajstić information content (AvgIpc) is 3.07. The lowest BCUT2D eigenvalue weighted by Crippen LogP contribution is -2.48. The van der Waals surface area contributed by atoms with Crippen molar-refractivity contribution < 1.29 is 32.5 Å². The second-order valence-electron chi connectivity index (χ2n) is 7.35. The summed E-state index contributed by atoms with van der Waals surface area (Å²) in [6.45, 7) is 2.00. The van der Waals surface area contributed by atoms with Gasteiger partial charge in [0.15, 0.2) is 0 Å². The van der Waals surface area contributed by atoms with Crippen LogP contribution in [0.15, 0.2) is 53.7 Å². The number of carbonyl (C=O) groups excluding carboxylic acids is 1. The number of morpholine rings is 1. The molecule has 1 fully saturated rings.